The zero-order chi connectivity index (χ0) is 11.5. The fourth-order valence-corrected chi connectivity index (χ4v) is 0.734. The van der Waals surface area contributed by atoms with Crippen molar-refractivity contribution in [2.75, 3.05) is 26.3 Å². The van der Waals surface area contributed by atoms with Crippen molar-refractivity contribution in [2.45, 2.75) is 6.23 Å². The fourth-order valence-electron chi connectivity index (χ4n) is 0.734. The van der Waals surface area contributed by atoms with Gasteiger partial charge in [-0.1, -0.05) is 6.08 Å². The van der Waals surface area contributed by atoms with Crippen molar-refractivity contribution in [1.82, 2.24) is 10.9 Å². The molecule has 1 aliphatic heterocycles. The minimum absolute atomic E-state index is 0.194. The third-order valence-electron chi connectivity index (χ3n) is 1.43. The number of hydrogen-bond acceptors (Lipinski definition) is 5. The number of amides is 1. The van der Waals surface area contributed by atoms with Crippen LogP contribution in [-0.2, 0) is 4.79 Å². The first-order valence-electron chi connectivity index (χ1n) is 4.63. The number of hydrogen-bond donors (Lipinski definition) is 5. The van der Waals surface area contributed by atoms with Crippen molar-refractivity contribution in [3.05, 3.63) is 12.2 Å². The molecule has 88 valence electrons. The van der Waals surface area contributed by atoms with Crippen LogP contribution in [0, 0.1) is 0 Å². The van der Waals surface area contributed by atoms with Crippen molar-refractivity contribution < 1.29 is 25.4 Å². The SMILES string of the molecule is O=C1C=CC([O-])NN1.OCC[NH2+]CCO. The van der Waals surface area contributed by atoms with Gasteiger partial charge in [0.1, 0.15) is 0 Å². The Morgan fingerprint density at radius 1 is 1.40 bits per heavy atom. The molecule has 0 fully saturated rings. The van der Waals surface area contributed by atoms with E-state index in [-0.39, 0.29) is 19.1 Å². The smallest absolute Gasteiger partial charge is 0.257 e. The Hall–Kier alpha value is -0.990. The molecule has 0 radical (unpaired) electrons. The lowest BCUT2D eigenvalue weighted by atomic mass is 10.4. The Kier molecular flexibility index (Phi) is 8.93. The minimum atomic E-state index is -0.993. The fraction of sp³-hybridized carbons (Fsp3) is 0.625. The molecule has 7 nitrogen and oxygen atoms in total. The van der Waals surface area contributed by atoms with Crippen LogP contribution in [0.2, 0.25) is 0 Å². The molecular weight excluding hydrogens is 202 g/mol. The molecule has 6 N–H and O–H groups in total. The Labute approximate surface area is 87.8 Å². The van der Waals surface area contributed by atoms with Crippen LogP contribution in [0.1, 0.15) is 0 Å². The number of nitrogens with two attached hydrogens (primary N) is 1. The van der Waals surface area contributed by atoms with Gasteiger partial charge in [-0.25, -0.2) is 5.43 Å². The first kappa shape index (κ1) is 14.0. The average Bonchev–Trinajstić information content (AvgIpc) is 2.24. The summed E-state index contributed by atoms with van der Waals surface area (Å²) in [5, 5.41) is 28.5. The molecule has 1 aliphatic rings. The molecule has 1 rings (SSSR count). The maximum atomic E-state index is 10.3. The van der Waals surface area contributed by atoms with E-state index in [1.807, 2.05) is 5.32 Å². The van der Waals surface area contributed by atoms with E-state index >= 15 is 0 Å². The lowest BCUT2D eigenvalue weighted by molar-refractivity contribution is -0.657. The lowest BCUT2D eigenvalue weighted by Crippen LogP contribution is -2.85. The first-order valence-corrected chi connectivity index (χ1v) is 4.63. The highest BCUT2D eigenvalue weighted by Crippen LogP contribution is 1.80. The number of quaternary nitrogens is 1. The number of rotatable bonds is 4. The highest BCUT2D eigenvalue weighted by molar-refractivity contribution is 5.87. The normalized spacial score (nSPS) is 19.1. The molecule has 1 atom stereocenters. The second-order valence-corrected chi connectivity index (χ2v) is 2.73. The van der Waals surface area contributed by atoms with E-state index in [0.29, 0.717) is 13.1 Å². The van der Waals surface area contributed by atoms with E-state index in [2.05, 4.69) is 10.9 Å². The van der Waals surface area contributed by atoms with Gasteiger partial charge in [-0.05, 0) is 6.23 Å². The molecule has 0 saturated carbocycles. The number of carbonyl (C=O) groups excluding carboxylic acids is 1. The summed E-state index contributed by atoms with van der Waals surface area (Å²) in [5.74, 6) is -0.280. The Morgan fingerprint density at radius 3 is 2.33 bits per heavy atom. The molecule has 0 aromatic rings. The Morgan fingerprint density at radius 2 is 2.00 bits per heavy atom. The Balaban J connectivity index is 0.000000265. The van der Waals surface area contributed by atoms with Crippen LogP contribution < -0.4 is 21.3 Å². The van der Waals surface area contributed by atoms with Gasteiger partial charge in [-0.3, -0.25) is 10.2 Å². The summed E-state index contributed by atoms with van der Waals surface area (Å²) in [6, 6.07) is 0. The molecular formula is C8H17N3O4. The second-order valence-electron chi connectivity index (χ2n) is 2.73. The van der Waals surface area contributed by atoms with E-state index in [1.165, 1.54) is 12.2 Å². The predicted octanol–water partition coefficient (Wildman–Crippen LogP) is -4.60. The zero-order valence-corrected chi connectivity index (χ0v) is 8.35. The van der Waals surface area contributed by atoms with Gasteiger partial charge in [0.15, 0.2) is 0 Å². The molecule has 1 unspecified atom stereocenters. The Bertz CT molecular complexity index is 194. The minimum Gasteiger partial charge on any atom is -0.836 e. The molecule has 1 heterocycles. The van der Waals surface area contributed by atoms with E-state index in [4.69, 9.17) is 10.2 Å². The average molecular weight is 219 g/mol. The van der Waals surface area contributed by atoms with Crippen LogP contribution in [0.15, 0.2) is 12.2 Å². The summed E-state index contributed by atoms with van der Waals surface area (Å²) >= 11 is 0. The van der Waals surface area contributed by atoms with E-state index in [9.17, 15) is 9.90 Å². The van der Waals surface area contributed by atoms with Crippen LogP contribution in [0.4, 0.5) is 0 Å². The highest BCUT2D eigenvalue weighted by atomic mass is 16.3. The van der Waals surface area contributed by atoms with E-state index in [0.717, 1.165) is 0 Å². The monoisotopic (exact) mass is 219 g/mol. The van der Waals surface area contributed by atoms with Gasteiger partial charge >= 0.3 is 0 Å². The predicted molar refractivity (Wildman–Crippen MR) is 50.0 cm³/mol. The van der Waals surface area contributed by atoms with Crippen molar-refractivity contribution in [3.8, 4) is 0 Å². The van der Waals surface area contributed by atoms with Crippen LogP contribution >= 0.6 is 0 Å². The van der Waals surface area contributed by atoms with E-state index in [1.54, 1.807) is 0 Å². The molecule has 0 saturated heterocycles. The highest BCUT2D eigenvalue weighted by Gasteiger charge is 1.98. The molecule has 0 aliphatic carbocycles. The molecule has 0 spiro atoms. The van der Waals surface area contributed by atoms with Gasteiger partial charge in [0.2, 0.25) is 0 Å². The van der Waals surface area contributed by atoms with Gasteiger partial charge in [-0.2, -0.15) is 0 Å². The quantitative estimate of drug-likeness (QED) is 0.305. The van der Waals surface area contributed by atoms with Gasteiger partial charge < -0.3 is 20.6 Å². The van der Waals surface area contributed by atoms with Crippen molar-refractivity contribution in [2.24, 2.45) is 0 Å². The van der Waals surface area contributed by atoms with Crippen LogP contribution in [0.25, 0.3) is 0 Å². The van der Waals surface area contributed by atoms with Crippen molar-refractivity contribution >= 4 is 5.91 Å². The van der Waals surface area contributed by atoms with Gasteiger partial charge in [-0.15, -0.1) is 0 Å². The van der Waals surface area contributed by atoms with Gasteiger partial charge in [0.25, 0.3) is 5.91 Å². The molecule has 15 heavy (non-hydrogen) atoms. The number of nitrogens with one attached hydrogen (secondary N) is 2. The number of carbonyl (C=O) groups is 1. The lowest BCUT2D eigenvalue weighted by Gasteiger charge is -2.22. The number of aliphatic hydroxyl groups is 2. The molecule has 7 heteroatoms. The van der Waals surface area contributed by atoms with Gasteiger partial charge in [0.05, 0.1) is 26.3 Å². The summed E-state index contributed by atoms with van der Waals surface area (Å²) in [7, 11) is 0. The summed E-state index contributed by atoms with van der Waals surface area (Å²) < 4.78 is 0. The number of hydrazine groups is 1. The first-order chi connectivity index (χ1) is 7.20. The van der Waals surface area contributed by atoms with Crippen molar-refractivity contribution in [1.29, 1.82) is 0 Å². The molecule has 0 aromatic carbocycles. The zero-order valence-electron chi connectivity index (χ0n) is 8.35. The van der Waals surface area contributed by atoms with Crippen molar-refractivity contribution in [3.63, 3.8) is 0 Å². The van der Waals surface area contributed by atoms with Crippen LogP contribution in [0.3, 0.4) is 0 Å². The second kappa shape index (κ2) is 9.56. The largest absolute Gasteiger partial charge is 0.836 e. The van der Waals surface area contributed by atoms with Crippen LogP contribution in [-0.4, -0.2) is 48.7 Å². The molecule has 1 amide bonds. The summed E-state index contributed by atoms with van der Waals surface area (Å²) in [6.45, 7) is 1.78. The summed E-state index contributed by atoms with van der Waals surface area (Å²) in [6.07, 6.45) is 1.46. The molecule has 0 aromatic heterocycles. The maximum Gasteiger partial charge on any atom is 0.257 e. The maximum absolute atomic E-state index is 10.3. The van der Waals surface area contributed by atoms with Crippen LogP contribution in [0.5, 0.6) is 0 Å². The third kappa shape index (κ3) is 9.32. The van der Waals surface area contributed by atoms with Gasteiger partial charge in [0, 0.05) is 6.08 Å². The standard InChI is InChI=1S/C4H5N2O2.C4H11NO2/c7-3-1-2-4(8)6-5-3;6-3-1-5-2-4-7/h1-3,5H,(H,6,8);5-7H,1-4H2/q-1;/p+1. The summed E-state index contributed by atoms with van der Waals surface area (Å²) in [4.78, 5) is 10.2. The van der Waals surface area contributed by atoms with E-state index < -0.39 is 6.23 Å². The molecule has 0 bridgehead atoms. The summed E-state index contributed by atoms with van der Waals surface area (Å²) in [5.41, 5.74) is 4.33. The topological polar surface area (TPSA) is 121 Å². The number of aliphatic hydroxyl groups excluding tert-OH is 2. The third-order valence-corrected chi connectivity index (χ3v) is 1.43.